The topological polar surface area (TPSA) is 80.5 Å². The highest BCUT2D eigenvalue weighted by Crippen LogP contribution is 2.17. The lowest BCUT2D eigenvalue weighted by molar-refractivity contribution is -0.130. The predicted octanol–water partition coefficient (Wildman–Crippen LogP) is 0.291. The molecule has 1 amide bonds. The number of nitrogens with two attached hydrogens (primary N) is 1. The van der Waals surface area contributed by atoms with E-state index in [1.54, 1.807) is 0 Å². The van der Waals surface area contributed by atoms with Gasteiger partial charge in [0.15, 0.2) is 9.84 Å². The maximum atomic E-state index is 11.9. The Labute approximate surface area is 107 Å². The molecule has 0 radical (unpaired) electrons. The molecule has 1 aromatic carbocycles. The van der Waals surface area contributed by atoms with E-state index in [-0.39, 0.29) is 36.5 Å². The molecule has 1 fully saturated rings. The average molecular weight is 268 g/mol. The van der Waals surface area contributed by atoms with Gasteiger partial charge in [-0.2, -0.15) is 0 Å². The van der Waals surface area contributed by atoms with Gasteiger partial charge in [-0.3, -0.25) is 4.79 Å². The molecule has 0 spiro atoms. The van der Waals surface area contributed by atoms with E-state index in [0.29, 0.717) is 0 Å². The number of amides is 1. The normalized spacial score (nSPS) is 19.7. The van der Waals surface area contributed by atoms with Crippen molar-refractivity contribution >= 4 is 15.7 Å². The monoisotopic (exact) mass is 268 g/mol. The lowest BCUT2D eigenvalue weighted by Crippen LogP contribution is -2.31. The molecule has 1 saturated heterocycles. The van der Waals surface area contributed by atoms with Crippen LogP contribution in [0.5, 0.6) is 0 Å². The number of hydrogen-bond donors (Lipinski definition) is 1. The number of hydrogen-bond acceptors (Lipinski definition) is 4. The van der Waals surface area contributed by atoms with Crippen LogP contribution in [0.2, 0.25) is 0 Å². The first-order chi connectivity index (χ1) is 8.48. The predicted molar refractivity (Wildman–Crippen MR) is 68.4 cm³/mol. The van der Waals surface area contributed by atoms with Gasteiger partial charge in [-0.15, -0.1) is 0 Å². The van der Waals surface area contributed by atoms with Crippen molar-refractivity contribution in [2.45, 2.75) is 12.5 Å². The molecule has 0 saturated carbocycles. The summed E-state index contributed by atoms with van der Waals surface area (Å²) in [4.78, 5) is 13.3. The number of nitrogens with zero attached hydrogens (tertiary/aromatic N) is 1. The molecule has 0 aliphatic carbocycles. The number of carbonyl (C=O) groups is 1. The first-order valence-corrected chi connectivity index (χ1v) is 7.59. The molecule has 0 bridgehead atoms. The van der Waals surface area contributed by atoms with Crippen molar-refractivity contribution in [3.05, 3.63) is 35.9 Å². The number of carbonyl (C=O) groups excluding carboxylic acids is 1. The molecule has 0 aromatic heterocycles. The highest BCUT2D eigenvalue weighted by molar-refractivity contribution is 7.91. The molecule has 1 heterocycles. The standard InChI is InChI=1S/C12H16N2O3S/c13-11(10-4-2-1-3-5-10)8-12(15)14-6-7-18(16,17)9-14/h1-5,11H,6-9,13H2. The third kappa shape index (κ3) is 3.08. The van der Waals surface area contributed by atoms with Crippen LogP contribution in [-0.4, -0.2) is 37.4 Å². The molecule has 5 nitrogen and oxygen atoms in total. The Morgan fingerprint density at radius 2 is 2.00 bits per heavy atom. The minimum absolute atomic E-state index is 0.0549. The zero-order chi connectivity index (χ0) is 13.2. The van der Waals surface area contributed by atoms with E-state index in [1.165, 1.54) is 4.90 Å². The van der Waals surface area contributed by atoms with Crippen LogP contribution in [0.25, 0.3) is 0 Å². The summed E-state index contributed by atoms with van der Waals surface area (Å²) in [6, 6.07) is 8.93. The number of benzene rings is 1. The van der Waals surface area contributed by atoms with E-state index in [1.807, 2.05) is 30.3 Å². The Kier molecular flexibility index (Phi) is 3.68. The van der Waals surface area contributed by atoms with Gasteiger partial charge in [0, 0.05) is 19.0 Å². The van der Waals surface area contributed by atoms with E-state index in [0.717, 1.165) is 5.56 Å². The second-order valence-electron chi connectivity index (χ2n) is 4.46. The van der Waals surface area contributed by atoms with Crippen LogP contribution >= 0.6 is 0 Å². The van der Waals surface area contributed by atoms with Crippen molar-refractivity contribution in [2.75, 3.05) is 18.2 Å². The summed E-state index contributed by atoms with van der Waals surface area (Å²) in [5.74, 6) is -0.320. The highest BCUT2D eigenvalue weighted by atomic mass is 32.2. The molecule has 2 rings (SSSR count). The summed E-state index contributed by atoms with van der Waals surface area (Å²) in [6.45, 7) is 0.280. The summed E-state index contributed by atoms with van der Waals surface area (Å²) in [5, 5.41) is 0. The molecule has 6 heteroatoms. The van der Waals surface area contributed by atoms with E-state index < -0.39 is 9.84 Å². The molecular formula is C12H16N2O3S. The Morgan fingerprint density at radius 3 is 2.56 bits per heavy atom. The largest absolute Gasteiger partial charge is 0.327 e. The van der Waals surface area contributed by atoms with Gasteiger partial charge in [0.1, 0.15) is 5.88 Å². The summed E-state index contributed by atoms with van der Waals surface area (Å²) >= 11 is 0. The van der Waals surface area contributed by atoms with Gasteiger partial charge in [-0.25, -0.2) is 8.42 Å². The van der Waals surface area contributed by atoms with Crippen molar-refractivity contribution in [1.82, 2.24) is 4.90 Å². The van der Waals surface area contributed by atoms with Crippen molar-refractivity contribution < 1.29 is 13.2 Å². The van der Waals surface area contributed by atoms with Gasteiger partial charge in [-0.05, 0) is 5.56 Å². The third-order valence-corrected chi connectivity index (χ3v) is 4.51. The van der Waals surface area contributed by atoms with Crippen LogP contribution in [0.3, 0.4) is 0 Å². The first kappa shape index (κ1) is 13.0. The van der Waals surface area contributed by atoms with Crippen LogP contribution in [-0.2, 0) is 14.6 Å². The highest BCUT2D eigenvalue weighted by Gasteiger charge is 2.29. The van der Waals surface area contributed by atoms with Gasteiger partial charge in [-0.1, -0.05) is 30.3 Å². The quantitative estimate of drug-likeness (QED) is 0.854. The molecular weight excluding hydrogens is 252 g/mol. The second kappa shape index (κ2) is 5.07. The molecule has 1 aromatic rings. The smallest absolute Gasteiger partial charge is 0.225 e. The van der Waals surface area contributed by atoms with Crippen molar-refractivity contribution in [2.24, 2.45) is 5.73 Å². The van der Waals surface area contributed by atoms with E-state index >= 15 is 0 Å². The zero-order valence-electron chi connectivity index (χ0n) is 9.95. The molecule has 2 N–H and O–H groups in total. The lowest BCUT2D eigenvalue weighted by Gasteiger charge is -2.17. The van der Waals surface area contributed by atoms with Gasteiger partial charge in [0.25, 0.3) is 0 Å². The summed E-state index contributed by atoms with van der Waals surface area (Å²) < 4.78 is 22.6. The minimum atomic E-state index is -3.08. The molecule has 98 valence electrons. The fraction of sp³-hybridized carbons (Fsp3) is 0.417. The third-order valence-electron chi connectivity index (χ3n) is 3.00. The summed E-state index contributed by atoms with van der Waals surface area (Å²) in [6.07, 6.45) is 0.138. The van der Waals surface area contributed by atoms with Crippen LogP contribution < -0.4 is 5.73 Å². The maximum Gasteiger partial charge on any atom is 0.225 e. The SMILES string of the molecule is NC(CC(=O)N1CCS(=O)(=O)C1)c1ccccc1. The van der Waals surface area contributed by atoms with Crippen molar-refractivity contribution in [1.29, 1.82) is 0 Å². The van der Waals surface area contributed by atoms with Crippen molar-refractivity contribution in [3.63, 3.8) is 0 Å². The first-order valence-electron chi connectivity index (χ1n) is 5.77. The molecule has 1 aliphatic heterocycles. The summed E-state index contributed by atoms with van der Waals surface area (Å²) in [7, 11) is -3.08. The molecule has 1 atom stereocenters. The van der Waals surface area contributed by atoms with Gasteiger partial charge in [0.05, 0.1) is 5.75 Å². The fourth-order valence-corrected chi connectivity index (χ4v) is 3.32. The fourth-order valence-electron chi connectivity index (χ4n) is 1.95. The molecule has 1 aliphatic rings. The number of sulfone groups is 1. The van der Waals surface area contributed by atoms with E-state index in [9.17, 15) is 13.2 Å². The Balaban J connectivity index is 1.96. The molecule has 1 unspecified atom stereocenters. The van der Waals surface area contributed by atoms with Crippen LogP contribution in [0.4, 0.5) is 0 Å². The second-order valence-corrected chi connectivity index (χ2v) is 6.61. The number of rotatable bonds is 3. The van der Waals surface area contributed by atoms with Crippen LogP contribution in [0.15, 0.2) is 30.3 Å². The lowest BCUT2D eigenvalue weighted by atomic mass is 10.0. The van der Waals surface area contributed by atoms with E-state index in [2.05, 4.69) is 0 Å². The minimum Gasteiger partial charge on any atom is -0.327 e. The van der Waals surface area contributed by atoms with Gasteiger partial charge in [0.2, 0.25) is 5.91 Å². The average Bonchev–Trinajstić information content (AvgIpc) is 2.71. The molecule has 18 heavy (non-hydrogen) atoms. The van der Waals surface area contributed by atoms with Crippen molar-refractivity contribution in [3.8, 4) is 0 Å². The maximum absolute atomic E-state index is 11.9. The zero-order valence-corrected chi connectivity index (χ0v) is 10.8. The summed E-state index contributed by atoms with van der Waals surface area (Å²) in [5.41, 5.74) is 6.82. The van der Waals surface area contributed by atoms with Gasteiger partial charge < -0.3 is 10.6 Å². The van der Waals surface area contributed by atoms with Crippen LogP contribution in [0.1, 0.15) is 18.0 Å². The van der Waals surface area contributed by atoms with E-state index in [4.69, 9.17) is 5.73 Å². The van der Waals surface area contributed by atoms with Crippen LogP contribution in [0, 0.1) is 0 Å². The van der Waals surface area contributed by atoms with Gasteiger partial charge >= 0.3 is 0 Å². The Morgan fingerprint density at radius 1 is 1.33 bits per heavy atom. The Bertz CT molecular complexity index is 528. The Hall–Kier alpha value is -1.40.